The van der Waals surface area contributed by atoms with Gasteiger partial charge in [0.05, 0.1) is 23.2 Å². The number of hydrogen-bond acceptors (Lipinski definition) is 3. The van der Waals surface area contributed by atoms with E-state index in [0.717, 1.165) is 10.9 Å². The molecule has 3 aromatic rings. The largest absolute Gasteiger partial charge is 0.495 e. The minimum Gasteiger partial charge on any atom is -0.495 e. The molecule has 1 N–H and O–H groups in total. The van der Waals surface area contributed by atoms with Gasteiger partial charge in [-0.1, -0.05) is 29.8 Å². The third-order valence-electron chi connectivity index (χ3n) is 3.26. The van der Waals surface area contributed by atoms with Gasteiger partial charge in [0.2, 0.25) is 0 Å². The van der Waals surface area contributed by atoms with Crippen LogP contribution >= 0.6 is 11.6 Å². The summed E-state index contributed by atoms with van der Waals surface area (Å²) in [6, 6.07) is 14.5. The summed E-state index contributed by atoms with van der Waals surface area (Å²) in [7, 11) is 1.54. The zero-order valence-electron chi connectivity index (χ0n) is 11.8. The summed E-state index contributed by atoms with van der Waals surface area (Å²) in [4.78, 5) is 16.6. The fourth-order valence-corrected chi connectivity index (χ4v) is 2.40. The zero-order valence-corrected chi connectivity index (χ0v) is 12.6. The van der Waals surface area contributed by atoms with Gasteiger partial charge < -0.3 is 10.1 Å². The first kappa shape index (κ1) is 14.4. The molecule has 22 heavy (non-hydrogen) atoms. The van der Waals surface area contributed by atoms with Crippen LogP contribution in [0.2, 0.25) is 5.02 Å². The van der Waals surface area contributed by atoms with Crippen molar-refractivity contribution < 1.29 is 9.53 Å². The summed E-state index contributed by atoms with van der Waals surface area (Å²) >= 11 is 6.05. The molecule has 110 valence electrons. The van der Waals surface area contributed by atoms with E-state index in [1.165, 1.54) is 0 Å². The van der Waals surface area contributed by atoms with Gasteiger partial charge in [-0.25, -0.2) is 0 Å². The average Bonchev–Trinajstić information content (AvgIpc) is 2.54. The third-order valence-corrected chi connectivity index (χ3v) is 3.56. The van der Waals surface area contributed by atoms with Crippen LogP contribution < -0.4 is 10.1 Å². The molecule has 5 heteroatoms. The monoisotopic (exact) mass is 312 g/mol. The maximum Gasteiger partial charge on any atom is 0.257 e. The van der Waals surface area contributed by atoms with E-state index in [-0.39, 0.29) is 5.91 Å². The number of amides is 1. The Morgan fingerprint density at radius 2 is 2.00 bits per heavy atom. The molecule has 0 aliphatic heterocycles. The summed E-state index contributed by atoms with van der Waals surface area (Å²) in [5.74, 6) is 0.325. The zero-order chi connectivity index (χ0) is 15.5. The van der Waals surface area contributed by atoms with Crippen molar-refractivity contribution in [1.29, 1.82) is 0 Å². The lowest BCUT2D eigenvalue weighted by Crippen LogP contribution is -2.12. The highest BCUT2D eigenvalue weighted by Gasteiger charge is 2.09. The second-order valence-electron chi connectivity index (χ2n) is 4.72. The predicted octanol–water partition coefficient (Wildman–Crippen LogP) is 4.15. The summed E-state index contributed by atoms with van der Waals surface area (Å²) in [6.07, 6.45) is 1.56. The van der Waals surface area contributed by atoms with Gasteiger partial charge in [0, 0.05) is 17.3 Å². The maximum atomic E-state index is 12.3. The fourth-order valence-electron chi connectivity index (χ4n) is 2.14. The van der Waals surface area contributed by atoms with Gasteiger partial charge in [-0.15, -0.1) is 0 Å². The minimum atomic E-state index is -0.237. The number of nitrogens with one attached hydrogen (secondary N) is 1. The highest BCUT2D eigenvalue weighted by molar-refractivity contribution is 6.32. The number of para-hydroxylation sites is 1. The van der Waals surface area contributed by atoms with Crippen LogP contribution in [0, 0.1) is 0 Å². The number of carbonyl (C=O) groups excluding carboxylic acids is 1. The van der Waals surface area contributed by atoms with Crippen molar-refractivity contribution in [2.75, 3.05) is 12.4 Å². The van der Waals surface area contributed by atoms with Crippen molar-refractivity contribution in [3.63, 3.8) is 0 Å². The smallest absolute Gasteiger partial charge is 0.257 e. The number of methoxy groups -OCH3 is 1. The Kier molecular flexibility index (Phi) is 3.94. The van der Waals surface area contributed by atoms with Crippen molar-refractivity contribution >= 4 is 34.1 Å². The second kappa shape index (κ2) is 6.03. The van der Waals surface area contributed by atoms with E-state index in [4.69, 9.17) is 16.3 Å². The lowest BCUT2D eigenvalue weighted by Gasteiger charge is -2.08. The number of ether oxygens (including phenoxy) is 1. The van der Waals surface area contributed by atoms with Gasteiger partial charge in [0.25, 0.3) is 5.91 Å². The molecule has 0 atom stereocenters. The first-order valence-corrected chi connectivity index (χ1v) is 7.05. The molecule has 1 amide bonds. The molecule has 0 unspecified atom stereocenters. The highest BCUT2D eigenvalue weighted by Crippen LogP contribution is 2.27. The number of rotatable bonds is 3. The van der Waals surface area contributed by atoms with E-state index in [2.05, 4.69) is 10.3 Å². The number of nitrogens with zero attached hydrogens (tertiary/aromatic N) is 1. The second-order valence-corrected chi connectivity index (χ2v) is 5.13. The van der Waals surface area contributed by atoms with E-state index in [0.29, 0.717) is 22.0 Å². The number of fused-ring (bicyclic) bond motifs is 1. The molecule has 2 aromatic carbocycles. The molecule has 0 bridgehead atoms. The number of aromatic nitrogens is 1. The van der Waals surface area contributed by atoms with Crippen molar-refractivity contribution in [2.24, 2.45) is 0 Å². The van der Waals surface area contributed by atoms with Crippen molar-refractivity contribution in [3.05, 3.63) is 65.3 Å². The van der Waals surface area contributed by atoms with Gasteiger partial charge in [0.15, 0.2) is 0 Å². The lowest BCUT2D eigenvalue weighted by atomic mass is 10.1. The van der Waals surface area contributed by atoms with Crippen LogP contribution in [0.15, 0.2) is 54.7 Å². The third kappa shape index (κ3) is 2.87. The van der Waals surface area contributed by atoms with Crippen molar-refractivity contribution in [3.8, 4) is 5.75 Å². The predicted molar refractivity (Wildman–Crippen MR) is 87.7 cm³/mol. The molecule has 0 aliphatic rings. The molecule has 1 aromatic heterocycles. The van der Waals surface area contributed by atoms with Crippen LogP contribution in [-0.4, -0.2) is 18.0 Å². The minimum absolute atomic E-state index is 0.237. The van der Waals surface area contributed by atoms with E-state index in [9.17, 15) is 4.79 Å². The number of halogens is 1. The Morgan fingerprint density at radius 1 is 1.18 bits per heavy atom. The molecule has 0 saturated heterocycles. The normalized spacial score (nSPS) is 10.5. The van der Waals surface area contributed by atoms with Gasteiger partial charge in [-0.05, 0) is 30.3 Å². The van der Waals surface area contributed by atoms with E-state index < -0.39 is 0 Å². The number of hydrogen-bond donors (Lipinski definition) is 1. The molecule has 0 aliphatic carbocycles. The van der Waals surface area contributed by atoms with Crippen LogP contribution in [-0.2, 0) is 0 Å². The molecule has 0 saturated carbocycles. The first-order chi connectivity index (χ1) is 10.7. The van der Waals surface area contributed by atoms with Crippen molar-refractivity contribution in [2.45, 2.75) is 0 Å². The molecule has 3 rings (SSSR count). The first-order valence-electron chi connectivity index (χ1n) is 6.67. The van der Waals surface area contributed by atoms with E-state index >= 15 is 0 Å². The van der Waals surface area contributed by atoms with E-state index in [1.807, 2.05) is 30.3 Å². The lowest BCUT2D eigenvalue weighted by molar-refractivity contribution is 0.102. The van der Waals surface area contributed by atoms with Crippen LogP contribution in [0.1, 0.15) is 10.4 Å². The Morgan fingerprint density at radius 3 is 2.77 bits per heavy atom. The van der Waals surface area contributed by atoms with Crippen LogP contribution in [0.25, 0.3) is 10.9 Å². The Labute approximate surface area is 132 Å². The molecular formula is C17H13ClN2O2. The molecule has 0 radical (unpaired) electrons. The number of pyridine rings is 1. The Bertz CT molecular complexity index is 849. The summed E-state index contributed by atoms with van der Waals surface area (Å²) < 4.78 is 5.08. The SMILES string of the molecule is COc1ccc(NC(=O)c2cnc3ccccc3c2)cc1Cl. The quantitative estimate of drug-likeness (QED) is 0.790. The number of benzene rings is 2. The Balaban J connectivity index is 1.85. The van der Waals surface area contributed by atoms with Gasteiger partial charge >= 0.3 is 0 Å². The van der Waals surface area contributed by atoms with Gasteiger partial charge in [0.1, 0.15) is 5.75 Å². The molecule has 0 fully saturated rings. The molecule has 1 heterocycles. The summed E-state index contributed by atoms with van der Waals surface area (Å²) in [6.45, 7) is 0. The van der Waals surface area contributed by atoms with Crippen LogP contribution in [0.3, 0.4) is 0 Å². The van der Waals surface area contributed by atoms with Gasteiger partial charge in [-0.3, -0.25) is 9.78 Å². The highest BCUT2D eigenvalue weighted by atomic mass is 35.5. The summed E-state index contributed by atoms with van der Waals surface area (Å²) in [5, 5.41) is 4.16. The Hall–Kier alpha value is -2.59. The van der Waals surface area contributed by atoms with Crippen LogP contribution in [0.4, 0.5) is 5.69 Å². The van der Waals surface area contributed by atoms with E-state index in [1.54, 1.807) is 31.5 Å². The molecule has 0 spiro atoms. The number of anilines is 1. The van der Waals surface area contributed by atoms with Crippen molar-refractivity contribution in [1.82, 2.24) is 4.98 Å². The maximum absolute atomic E-state index is 12.3. The molecule has 4 nitrogen and oxygen atoms in total. The standard InChI is InChI=1S/C17H13ClN2O2/c1-22-16-7-6-13(9-14(16)18)20-17(21)12-8-11-4-2-3-5-15(11)19-10-12/h2-10H,1H3,(H,20,21). The van der Waals surface area contributed by atoms with Crippen LogP contribution in [0.5, 0.6) is 5.75 Å². The summed E-state index contributed by atoms with van der Waals surface area (Å²) in [5.41, 5.74) is 1.95. The average molecular weight is 313 g/mol. The number of carbonyl (C=O) groups is 1. The van der Waals surface area contributed by atoms with Gasteiger partial charge in [-0.2, -0.15) is 0 Å². The molecular weight excluding hydrogens is 300 g/mol. The fraction of sp³-hybridized carbons (Fsp3) is 0.0588. The topological polar surface area (TPSA) is 51.2 Å².